The third kappa shape index (κ3) is 2.89. The topological polar surface area (TPSA) is 56.9 Å². The Labute approximate surface area is 144 Å². The second kappa shape index (κ2) is 6.65. The van der Waals surface area contributed by atoms with E-state index in [0.717, 1.165) is 27.2 Å². The smallest absolute Gasteiger partial charge is 0.280 e. The van der Waals surface area contributed by atoms with Crippen molar-refractivity contribution in [2.24, 2.45) is 14.1 Å². The van der Waals surface area contributed by atoms with Crippen LogP contribution in [-0.4, -0.2) is 19.9 Å². The molecule has 0 saturated carbocycles. The lowest BCUT2D eigenvalue weighted by molar-refractivity contribution is 0.705. The number of thioether (sulfide) groups is 1. The van der Waals surface area contributed by atoms with Gasteiger partial charge in [0, 0.05) is 30.9 Å². The van der Waals surface area contributed by atoms with E-state index in [9.17, 15) is 9.59 Å². The summed E-state index contributed by atoms with van der Waals surface area (Å²) in [4.78, 5) is 29.9. The average molecular weight is 341 g/mol. The predicted octanol–water partition coefficient (Wildman–Crippen LogP) is 2.28. The van der Waals surface area contributed by atoms with Gasteiger partial charge in [-0.3, -0.25) is 13.9 Å². The molecule has 0 aliphatic rings. The number of pyridine rings is 1. The number of hydrogen-bond acceptors (Lipinski definition) is 4. The molecule has 0 aliphatic heterocycles. The van der Waals surface area contributed by atoms with E-state index in [1.54, 1.807) is 25.0 Å². The Bertz CT molecular complexity index is 1010. The van der Waals surface area contributed by atoms with Crippen molar-refractivity contribution < 1.29 is 0 Å². The van der Waals surface area contributed by atoms with Crippen LogP contribution in [0.25, 0.3) is 11.0 Å². The van der Waals surface area contributed by atoms with Gasteiger partial charge < -0.3 is 0 Å². The summed E-state index contributed by atoms with van der Waals surface area (Å²) in [6, 6.07) is 10.3. The first-order valence-electron chi connectivity index (χ1n) is 7.72. The van der Waals surface area contributed by atoms with Crippen LogP contribution in [0.4, 0.5) is 0 Å². The van der Waals surface area contributed by atoms with Crippen molar-refractivity contribution in [3.05, 3.63) is 68.5 Å². The highest BCUT2D eigenvalue weighted by Gasteiger charge is 2.15. The molecule has 3 rings (SSSR count). The Hall–Kier alpha value is -2.34. The first-order chi connectivity index (χ1) is 11.5. The highest BCUT2D eigenvalue weighted by molar-refractivity contribution is 7.99. The Morgan fingerprint density at radius 1 is 1.08 bits per heavy atom. The van der Waals surface area contributed by atoms with Crippen LogP contribution in [-0.2, 0) is 20.5 Å². The number of aryl methyl sites for hydroxylation is 3. The first kappa shape index (κ1) is 16.5. The molecule has 0 N–H and O–H groups in total. The van der Waals surface area contributed by atoms with Gasteiger partial charge in [0.25, 0.3) is 5.56 Å². The van der Waals surface area contributed by atoms with Crippen LogP contribution in [0.15, 0.2) is 51.0 Å². The minimum atomic E-state index is -0.357. The van der Waals surface area contributed by atoms with Crippen molar-refractivity contribution in [1.29, 1.82) is 0 Å². The van der Waals surface area contributed by atoms with Crippen molar-refractivity contribution in [3.63, 3.8) is 0 Å². The van der Waals surface area contributed by atoms with E-state index in [1.165, 1.54) is 17.2 Å². The maximum Gasteiger partial charge on any atom is 0.332 e. The van der Waals surface area contributed by atoms with Crippen LogP contribution in [0, 0.1) is 6.92 Å². The lowest BCUT2D eigenvalue weighted by atomic mass is 10.2. The van der Waals surface area contributed by atoms with Gasteiger partial charge in [0.15, 0.2) is 0 Å². The zero-order valence-corrected chi connectivity index (χ0v) is 14.8. The van der Waals surface area contributed by atoms with Gasteiger partial charge in [0.05, 0.1) is 5.39 Å². The molecule has 0 fully saturated rings. The number of benzene rings is 1. The molecule has 0 unspecified atom stereocenters. The number of fused-ring (bicyclic) bond motifs is 1. The Kier molecular flexibility index (Phi) is 4.57. The summed E-state index contributed by atoms with van der Waals surface area (Å²) >= 11 is 1.64. The highest BCUT2D eigenvalue weighted by atomic mass is 32.2. The predicted molar refractivity (Wildman–Crippen MR) is 97.8 cm³/mol. The fourth-order valence-corrected chi connectivity index (χ4v) is 3.84. The molecule has 24 heavy (non-hydrogen) atoms. The molecule has 124 valence electrons. The van der Waals surface area contributed by atoms with Crippen molar-refractivity contribution in [2.75, 3.05) is 5.75 Å². The lowest BCUT2D eigenvalue weighted by Crippen LogP contribution is -2.37. The van der Waals surface area contributed by atoms with E-state index in [-0.39, 0.29) is 11.2 Å². The quantitative estimate of drug-likeness (QED) is 0.683. The summed E-state index contributed by atoms with van der Waals surface area (Å²) < 4.78 is 2.57. The summed E-state index contributed by atoms with van der Waals surface area (Å²) in [5.41, 5.74) is 2.02. The number of nitrogens with zero attached hydrogens (tertiary/aromatic N) is 3. The van der Waals surface area contributed by atoms with Crippen LogP contribution in [0.1, 0.15) is 11.1 Å². The minimum absolute atomic E-state index is 0.286. The van der Waals surface area contributed by atoms with Gasteiger partial charge in [-0.1, -0.05) is 30.3 Å². The zero-order valence-electron chi connectivity index (χ0n) is 13.9. The van der Waals surface area contributed by atoms with Crippen molar-refractivity contribution in [3.8, 4) is 0 Å². The Morgan fingerprint density at radius 2 is 1.79 bits per heavy atom. The van der Waals surface area contributed by atoms with Crippen molar-refractivity contribution in [1.82, 2.24) is 14.1 Å². The minimum Gasteiger partial charge on any atom is -0.280 e. The Balaban J connectivity index is 2.03. The molecule has 3 aromatic rings. The van der Waals surface area contributed by atoms with Crippen molar-refractivity contribution >= 4 is 22.8 Å². The molecule has 1 aromatic carbocycles. The van der Waals surface area contributed by atoms with Crippen LogP contribution in [0.5, 0.6) is 0 Å². The van der Waals surface area contributed by atoms with Gasteiger partial charge in [-0.05, 0) is 24.5 Å². The normalized spacial score (nSPS) is 11.1. The number of aromatic nitrogens is 3. The number of hydrogen-bond donors (Lipinski definition) is 0. The zero-order chi connectivity index (χ0) is 17.3. The molecule has 6 heteroatoms. The molecule has 0 radical (unpaired) electrons. The van der Waals surface area contributed by atoms with E-state index in [0.29, 0.717) is 11.0 Å². The SMILES string of the molecule is Cc1cnc2c(c1SCCc1ccccc1)c(=O)n(C)c(=O)n2C. The fraction of sp³-hybridized carbons (Fsp3) is 0.278. The summed E-state index contributed by atoms with van der Waals surface area (Å²) in [6.07, 6.45) is 2.65. The van der Waals surface area contributed by atoms with Gasteiger partial charge in [-0.25, -0.2) is 9.78 Å². The Morgan fingerprint density at radius 3 is 2.50 bits per heavy atom. The van der Waals surface area contributed by atoms with Gasteiger partial charge in [0.1, 0.15) is 5.65 Å². The van der Waals surface area contributed by atoms with Gasteiger partial charge >= 0.3 is 5.69 Å². The molecule has 5 nitrogen and oxygen atoms in total. The molecule has 0 bridgehead atoms. The third-order valence-corrected chi connectivity index (χ3v) is 5.30. The molecule has 2 heterocycles. The second-order valence-corrected chi connectivity index (χ2v) is 6.86. The first-order valence-corrected chi connectivity index (χ1v) is 8.71. The van der Waals surface area contributed by atoms with Crippen molar-refractivity contribution in [2.45, 2.75) is 18.2 Å². The lowest BCUT2D eigenvalue weighted by Gasteiger charge is -2.12. The standard InChI is InChI=1S/C18H19N3O2S/c1-12-11-19-16-14(17(22)21(3)18(23)20(16)2)15(12)24-10-9-13-7-5-4-6-8-13/h4-8,11H,9-10H2,1-3H3. The number of rotatable bonds is 4. The summed E-state index contributed by atoms with van der Waals surface area (Å²) in [7, 11) is 3.15. The molecule has 0 aliphatic carbocycles. The summed E-state index contributed by atoms with van der Waals surface area (Å²) in [5, 5.41) is 0.526. The molecule has 0 atom stereocenters. The molecule has 2 aromatic heterocycles. The monoisotopic (exact) mass is 341 g/mol. The van der Waals surface area contributed by atoms with E-state index >= 15 is 0 Å². The average Bonchev–Trinajstić information content (AvgIpc) is 2.60. The largest absolute Gasteiger partial charge is 0.332 e. The highest BCUT2D eigenvalue weighted by Crippen LogP contribution is 2.28. The van der Waals surface area contributed by atoms with Crippen LogP contribution >= 0.6 is 11.8 Å². The van der Waals surface area contributed by atoms with E-state index in [4.69, 9.17) is 0 Å². The molecule has 0 spiro atoms. The van der Waals surface area contributed by atoms with Crippen LogP contribution in [0.2, 0.25) is 0 Å². The maximum absolute atomic E-state index is 12.6. The van der Waals surface area contributed by atoms with Gasteiger partial charge in [-0.2, -0.15) is 0 Å². The van der Waals surface area contributed by atoms with Crippen LogP contribution < -0.4 is 11.2 Å². The molecular formula is C18H19N3O2S. The van der Waals surface area contributed by atoms with E-state index in [1.807, 2.05) is 25.1 Å². The van der Waals surface area contributed by atoms with Gasteiger partial charge in [-0.15, -0.1) is 11.8 Å². The van der Waals surface area contributed by atoms with E-state index < -0.39 is 0 Å². The van der Waals surface area contributed by atoms with Gasteiger partial charge in [0.2, 0.25) is 0 Å². The fourth-order valence-electron chi connectivity index (χ4n) is 2.70. The van der Waals surface area contributed by atoms with E-state index in [2.05, 4.69) is 17.1 Å². The third-order valence-electron chi connectivity index (χ3n) is 4.08. The molecular weight excluding hydrogens is 322 g/mol. The molecule has 0 amide bonds. The maximum atomic E-state index is 12.6. The molecule has 0 saturated heterocycles. The summed E-state index contributed by atoms with van der Waals surface area (Å²) in [5.74, 6) is 0.857. The summed E-state index contributed by atoms with van der Waals surface area (Å²) in [6.45, 7) is 1.95. The second-order valence-electron chi connectivity index (χ2n) is 5.76. The van der Waals surface area contributed by atoms with Crippen LogP contribution in [0.3, 0.4) is 0 Å².